The number of ether oxygens (including phenoxy) is 12. The van der Waals surface area contributed by atoms with Gasteiger partial charge in [0, 0.05) is 5.56 Å². The molecule has 10 aromatic carbocycles. The van der Waals surface area contributed by atoms with Crippen LogP contribution in [0.4, 0.5) is 0 Å². The molecule has 0 aliphatic carbocycles. The molecule has 10 aromatic rings. The molecule has 0 saturated carbocycles. The van der Waals surface area contributed by atoms with Gasteiger partial charge in [0.25, 0.3) is 0 Å². The minimum absolute atomic E-state index is 0.0228. The lowest BCUT2D eigenvalue weighted by molar-refractivity contribution is 0.116. The average Bonchev–Trinajstić information content (AvgIpc) is 4.50. The summed E-state index contributed by atoms with van der Waals surface area (Å²) in [6.45, 7) is 6.93. The summed E-state index contributed by atoms with van der Waals surface area (Å²) in [5.74, 6) is 6.90. The Bertz CT molecular complexity index is 3670. The summed E-state index contributed by atoms with van der Waals surface area (Å²) in [4.78, 5) is 0. The maximum absolute atomic E-state index is 6.51. The Kier molecular flexibility index (Phi) is 15.5. The molecule has 80 heavy (non-hydrogen) atoms. The van der Waals surface area contributed by atoms with Crippen LogP contribution in [0.15, 0.2) is 206 Å². The normalized spacial score (nSPS) is 14.2. The van der Waals surface area contributed by atoms with E-state index >= 15 is 0 Å². The number of benzene rings is 10. The van der Waals surface area contributed by atoms with E-state index < -0.39 is 0 Å². The van der Waals surface area contributed by atoms with Gasteiger partial charge in [-0.15, -0.1) is 0 Å². The summed E-state index contributed by atoms with van der Waals surface area (Å²) in [7, 11) is 0. The van der Waals surface area contributed by atoms with Crippen molar-refractivity contribution in [2.75, 3.05) is 53.6 Å². The SMILES string of the molecule is Cc1ccc2c(-c3c(OCOc4ccc(OCOc5ccc(-c6ccc(OCC7CO7)cc6)cc5)cc4)ccc4cc(C)ccc34)cc(OCOc3ccc(OCOc4ccc(-c5ccc(OCC6CO6)cc5)cc4)cc3)cc2c1. The highest BCUT2D eigenvalue weighted by molar-refractivity contribution is 6.08. The van der Waals surface area contributed by atoms with Crippen LogP contribution in [0.5, 0.6) is 57.5 Å². The van der Waals surface area contributed by atoms with Gasteiger partial charge < -0.3 is 56.8 Å². The maximum atomic E-state index is 6.51. The summed E-state index contributed by atoms with van der Waals surface area (Å²) >= 11 is 0. The van der Waals surface area contributed by atoms with Crippen molar-refractivity contribution in [2.24, 2.45) is 0 Å². The lowest BCUT2D eigenvalue weighted by Crippen LogP contribution is -2.08. The third-order valence-corrected chi connectivity index (χ3v) is 13.7. The van der Waals surface area contributed by atoms with Crippen LogP contribution < -0.4 is 47.4 Å². The van der Waals surface area contributed by atoms with Crippen LogP contribution in [0.2, 0.25) is 0 Å². The van der Waals surface area contributed by atoms with Gasteiger partial charge in [-0.1, -0.05) is 102 Å². The standard InChI is InChI=1S/C68H58O12/c1-45-4-31-65-51(33-45)13-32-67(80-44-78-60-28-26-58(27-29-60)76-42-74-56-20-11-50(12-21-56)48-7-16-54(17-8-48)70-38-63-40-72-63)68(65)66-36-61(35-52-34-46(2)3-30-64(52)66)79-43-77-59-24-22-57(23-25-59)75-41-73-55-18-9-49(10-19-55)47-5-14-53(15-6-47)69-37-62-39-71-62/h3-36,62-63H,37-44H2,1-2H3. The smallest absolute Gasteiger partial charge is 0.230 e. The van der Waals surface area contributed by atoms with E-state index in [4.69, 9.17) is 56.8 Å². The Labute approximate surface area is 464 Å². The molecular weight excluding hydrogens is 1010 g/mol. The summed E-state index contributed by atoms with van der Waals surface area (Å²) in [6, 6.07) is 67.7. The van der Waals surface area contributed by atoms with Gasteiger partial charge in [-0.05, 0) is 178 Å². The Morgan fingerprint density at radius 1 is 0.312 bits per heavy atom. The second-order valence-corrected chi connectivity index (χ2v) is 19.6. The van der Waals surface area contributed by atoms with Gasteiger partial charge >= 0.3 is 0 Å². The van der Waals surface area contributed by atoms with E-state index in [9.17, 15) is 0 Å². The number of rotatable bonds is 25. The predicted molar refractivity (Wildman–Crippen MR) is 308 cm³/mol. The topological polar surface area (TPSA) is 117 Å². The highest BCUT2D eigenvalue weighted by atomic mass is 16.7. The molecule has 2 aliphatic rings. The second-order valence-electron chi connectivity index (χ2n) is 19.6. The minimum atomic E-state index is -0.0340. The molecule has 0 amide bonds. The van der Waals surface area contributed by atoms with Crippen molar-refractivity contribution >= 4 is 21.5 Å². The first kappa shape index (κ1) is 51.4. The van der Waals surface area contributed by atoms with E-state index in [0.717, 1.165) is 90.8 Å². The number of epoxide rings is 2. The lowest BCUT2D eigenvalue weighted by Gasteiger charge is -2.19. The molecule has 2 atom stereocenters. The van der Waals surface area contributed by atoms with Crippen molar-refractivity contribution in [2.45, 2.75) is 26.1 Å². The number of aryl methyl sites for hydroxylation is 2. The van der Waals surface area contributed by atoms with Gasteiger partial charge in [-0.25, -0.2) is 0 Å². The van der Waals surface area contributed by atoms with E-state index in [0.29, 0.717) is 59.2 Å². The van der Waals surface area contributed by atoms with Crippen molar-refractivity contribution in [3.05, 3.63) is 217 Å². The van der Waals surface area contributed by atoms with Crippen molar-refractivity contribution in [1.82, 2.24) is 0 Å². The zero-order chi connectivity index (χ0) is 54.0. The number of fused-ring (bicyclic) bond motifs is 2. The van der Waals surface area contributed by atoms with Crippen LogP contribution in [-0.4, -0.2) is 65.8 Å². The Morgan fingerprint density at radius 3 is 1.05 bits per heavy atom. The minimum Gasteiger partial charge on any atom is -0.491 e. The molecule has 2 fully saturated rings. The third-order valence-electron chi connectivity index (χ3n) is 13.7. The van der Waals surface area contributed by atoms with Gasteiger partial charge in [-0.3, -0.25) is 0 Å². The molecular formula is C68H58O12. The van der Waals surface area contributed by atoms with Crippen molar-refractivity contribution < 1.29 is 56.8 Å². The van der Waals surface area contributed by atoms with E-state index in [1.165, 1.54) is 0 Å². The highest BCUT2D eigenvalue weighted by Crippen LogP contribution is 2.43. The van der Waals surface area contributed by atoms with Gasteiger partial charge in [-0.2, -0.15) is 0 Å². The summed E-state index contributed by atoms with van der Waals surface area (Å²) in [6.07, 6.45) is 0.450. The summed E-state index contributed by atoms with van der Waals surface area (Å²) in [5, 5.41) is 4.20. The van der Waals surface area contributed by atoms with Crippen LogP contribution in [0, 0.1) is 13.8 Å². The molecule has 0 spiro atoms. The van der Waals surface area contributed by atoms with E-state index in [1.807, 2.05) is 164 Å². The summed E-state index contributed by atoms with van der Waals surface area (Å²) < 4.78 is 70.7. The van der Waals surface area contributed by atoms with Crippen molar-refractivity contribution in [3.8, 4) is 90.9 Å². The second kappa shape index (κ2) is 24.1. The molecule has 2 saturated heterocycles. The average molecular weight is 1070 g/mol. The van der Waals surface area contributed by atoms with E-state index in [1.54, 1.807) is 0 Å². The number of hydrogen-bond acceptors (Lipinski definition) is 12. The Hall–Kier alpha value is -9.36. The maximum Gasteiger partial charge on any atom is 0.230 e. The molecule has 0 aromatic heterocycles. The first-order valence-corrected chi connectivity index (χ1v) is 26.6. The van der Waals surface area contributed by atoms with Gasteiger partial charge in [0.05, 0.1) is 13.2 Å². The lowest BCUT2D eigenvalue weighted by atomic mass is 9.91. The van der Waals surface area contributed by atoms with Gasteiger partial charge in [0.2, 0.25) is 27.2 Å². The van der Waals surface area contributed by atoms with Crippen molar-refractivity contribution in [3.63, 3.8) is 0 Å². The van der Waals surface area contributed by atoms with Gasteiger partial charge in [0.15, 0.2) is 0 Å². The van der Waals surface area contributed by atoms with Crippen LogP contribution in [0.3, 0.4) is 0 Å². The molecule has 402 valence electrons. The number of hydrogen-bond donors (Lipinski definition) is 0. The zero-order valence-corrected chi connectivity index (χ0v) is 44.3. The first-order valence-electron chi connectivity index (χ1n) is 26.6. The Morgan fingerprint density at radius 2 is 0.650 bits per heavy atom. The van der Waals surface area contributed by atoms with Crippen LogP contribution in [0.1, 0.15) is 11.1 Å². The summed E-state index contributed by atoms with van der Waals surface area (Å²) in [5.41, 5.74) is 8.49. The largest absolute Gasteiger partial charge is 0.491 e. The Balaban J connectivity index is 0.643. The monoisotopic (exact) mass is 1070 g/mol. The zero-order valence-electron chi connectivity index (χ0n) is 44.3. The molecule has 12 heteroatoms. The van der Waals surface area contributed by atoms with E-state index in [-0.39, 0.29) is 39.4 Å². The van der Waals surface area contributed by atoms with E-state index in [2.05, 4.69) is 56.3 Å². The predicted octanol–water partition coefficient (Wildman–Crippen LogP) is 14.8. The van der Waals surface area contributed by atoms with Crippen LogP contribution in [0.25, 0.3) is 54.9 Å². The molecule has 2 unspecified atom stereocenters. The third kappa shape index (κ3) is 13.3. The molecule has 2 aliphatic heterocycles. The fraction of sp³-hybridized carbons (Fsp3) is 0.176. The van der Waals surface area contributed by atoms with Crippen molar-refractivity contribution in [1.29, 1.82) is 0 Å². The van der Waals surface area contributed by atoms with Crippen LogP contribution >= 0.6 is 0 Å². The molecule has 12 nitrogen and oxygen atoms in total. The fourth-order valence-electron chi connectivity index (χ4n) is 9.18. The fourth-order valence-corrected chi connectivity index (χ4v) is 9.18. The molecule has 12 rings (SSSR count). The molecule has 0 bridgehead atoms. The van der Waals surface area contributed by atoms with Crippen LogP contribution in [-0.2, 0) is 9.47 Å². The molecule has 2 heterocycles. The first-order chi connectivity index (χ1) is 39.4. The molecule has 0 N–H and O–H groups in total. The highest BCUT2D eigenvalue weighted by Gasteiger charge is 2.24. The van der Waals surface area contributed by atoms with Gasteiger partial charge in [0.1, 0.15) is 82.9 Å². The molecule has 0 radical (unpaired) electrons. The quantitative estimate of drug-likeness (QED) is 0.0401.